The second kappa shape index (κ2) is 90.7. The smallest absolute Gasteiger partial charge is 0.463 e. The number of carbonyl (C=O) groups excluding carboxylic acids is 3. The van der Waals surface area contributed by atoms with Crippen LogP contribution in [0, 0.1) is 0 Å². The van der Waals surface area contributed by atoms with Crippen molar-refractivity contribution in [1.29, 1.82) is 0 Å². The van der Waals surface area contributed by atoms with Gasteiger partial charge in [0.1, 0.15) is 25.4 Å². The van der Waals surface area contributed by atoms with Gasteiger partial charge in [0, 0.05) is 19.3 Å². The third kappa shape index (κ3) is 92.0. The minimum Gasteiger partial charge on any atom is -0.463 e. The molecule has 0 amide bonds. The number of carbonyl (C=O) groups is 3. The maximum Gasteiger partial charge on any atom is 0.472 e. The van der Waals surface area contributed by atoms with E-state index >= 15 is 0 Å². The zero-order valence-electron chi connectivity index (χ0n) is 74.3. The molecule has 16 nitrogen and oxygen atoms in total. The number of esters is 3. The highest BCUT2D eigenvalue weighted by atomic mass is 31.2. The molecular formula is C99H172O16P2. The average molecular weight is 1680 g/mol. The lowest BCUT2D eigenvalue weighted by molar-refractivity contribution is -0.161. The van der Waals surface area contributed by atoms with Crippen molar-refractivity contribution in [2.45, 2.75) is 424 Å². The van der Waals surface area contributed by atoms with E-state index in [1.165, 1.54) is 186 Å². The van der Waals surface area contributed by atoms with Crippen molar-refractivity contribution >= 4 is 33.6 Å². The molecule has 5 unspecified atom stereocenters. The van der Waals surface area contributed by atoms with Crippen molar-refractivity contribution < 1.29 is 75.8 Å². The molecule has 0 bridgehead atoms. The molecule has 0 aromatic carbocycles. The summed E-state index contributed by atoms with van der Waals surface area (Å²) in [5.74, 6) is -1.58. The number of phosphoric acid groups is 2. The Hall–Kier alpha value is -4.57. The third-order valence-electron chi connectivity index (χ3n) is 20.0. The first-order valence-corrected chi connectivity index (χ1v) is 50.1. The molecule has 0 aromatic heterocycles. The van der Waals surface area contributed by atoms with Crippen LogP contribution in [0.2, 0.25) is 0 Å². The Morgan fingerprint density at radius 1 is 0.248 bits per heavy atom. The molecule has 0 aliphatic heterocycles. The van der Waals surface area contributed by atoms with Crippen LogP contribution in [0.4, 0.5) is 0 Å². The molecule has 18 heteroatoms. The van der Waals surface area contributed by atoms with E-state index in [-0.39, 0.29) is 19.3 Å². The van der Waals surface area contributed by atoms with Crippen LogP contribution in [0.5, 0.6) is 0 Å². The fourth-order valence-electron chi connectivity index (χ4n) is 12.9. The quantitative estimate of drug-likeness (QED) is 0.0146. The van der Waals surface area contributed by atoms with Crippen molar-refractivity contribution in [2.24, 2.45) is 0 Å². The number of ether oxygens (including phenoxy) is 3. The Balaban J connectivity index is 4.50. The second-order valence-electron chi connectivity index (χ2n) is 31.4. The van der Waals surface area contributed by atoms with Gasteiger partial charge in [-0.1, -0.05) is 385 Å². The molecule has 0 spiro atoms. The minimum atomic E-state index is -4.95. The van der Waals surface area contributed by atoms with E-state index < -0.39 is 91.5 Å². The summed E-state index contributed by atoms with van der Waals surface area (Å²) in [6, 6.07) is 0. The van der Waals surface area contributed by atoms with Gasteiger partial charge < -0.3 is 34.2 Å². The Labute approximate surface area is 715 Å². The summed E-state index contributed by atoms with van der Waals surface area (Å²) in [4.78, 5) is 59.0. The molecule has 0 saturated heterocycles. The molecule has 0 aliphatic rings. The van der Waals surface area contributed by atoms with Crippen molar-refractivity contribution in [3.8, 4) is 0 Å². The van der Waals surface area contributed by atoms with E-state index in [0.717, 1.165) is 161 Å². The van der Waals surface area contributed by atoms with Crippen LogP contribution in [-0.4, -0.2) is 95.9 Å². The Morgan fingerprint density at radius 2 is 0.453 bits per heavy atom. The van der Waals surface area contributed by atoms with Crippen LogP contribution in [0.25, 0.3) is 0 Å². The van der Waals surface area contributed by atoms with Crippen molar-refractivity contribution in [2.75, 3.05) is 39.6 Å². The van der Waals surface area contributed by atoms with Crippen LogP contribution in [0.15, 0.2) is 146 Å². The van der Waals surface area contributed by atoms with Gasteiger partial charge in [0.15, 0.2) is 6.10 Å². The summed E-state index contributed by atoms with van der Waals surface area (Å²) < 4.78 is 61.5. The number of rotatable bonds is 89. The molecule has 0 aliphatic carbocycles. The van der Waals surface area contributed by atoms with Gasteiger partial charge in [-0.2, -0.15) is 0 Å². The van der Waals surface area contributed by atoms with E-state index in [4.69, 9.17) is 32.3 Å². The maximum absolute atomic E-state index is 13.1. The van der Waals surface area contributed by atoms with E-state index in [0.29, 0.717) is 19.3 Å². The standard InChI is InChI=1S/C99H172O16P2/c1-4-7-10-13-16-19-22-25-28-31-34-36-38-40-42-43-44-45-46-47-48-49-51-53-54-56-59-61-64-67-70-73-76-79-82-85-97(102)109-88-94(100)89-111-116(105,106)112-90-95(101)91-113-117(107,108)114-93-96(115-99(104)87-84-81-78-75-72-69-66-63-58-33-30-27-24-21-18-15-12-9-6-3)92-110-98(103)86-83-80-77-74-71-68-65-62-60-57-55-52-50-41-39-37-35-32-29-26-23-20-17-14-11-8-5-2/h8,11,16-21,25-30,34-37,40-42,50,58,63,94-96,100-101H,4-7,9-10,12-15,22-24,31-33,38-39,43-49,51-57,59-62,64-93H2,1-3H3,(H,105,106)(H,107,108)/b11-8-,19-16-,20-17-,21-18-,28-25-,29-26-,30-27-,36-34-,37-35-,42-40-,50-41-,63-58-. The normalized spacial score (nSPS) is 14.4. The molecule has 4 N–H and O–H groups in total. The number of phosphoric ester groups is 2. The predicted molar refractivity (Wildman–Crippen MR) is 491 cm³/mol. The van der Waals surface area contributed by atoms with Gasteiger partial charge in [-0.25, -0.2) is 9.13 Å². The minimum absolute atomic E-state index is 0.0873. The summed E-state index contributed by atoms with van der Waals surface area (Å²) in [5, 5.41) is 20.7. The maximum atomic E-state index is 13.1. The van der Waals surface area contributed by atoms with Crippen LogP contribution >= 0.6 is 15.6 Å². The van der Waals surface area contributed by atoms with Gasteiger partial charge in [0.05, 0.1) is 26.4 Å². The lowest BCUT2D eigenvalue weighted by Gasteiger charge is -2.21. The van der Waals surface area contributed by atoms with Crippen molar-refractivity contribution in [1.82, 2.24) is 0 Å². The highest BCUT2D eigenvalue weighted by molar-refractivity contribution is 7.47. The molecule has 5 atom stereocenters. The molecular weight excluding hydrogens is 1510 g/mol. The summed E-state index contributed by atoms with van der Waals surface area (Å²) >= 11 is 0. The number of allylic oxidation sites excluding steroid dienone is 24. The van der Waals surface area contributed by atoms with Gasteiger partial charge in [-0.3, -0.25) is 32.5 Å². The number of hydrogen-bond donors (Lipinski definition) is 4. The lowest BCUT2D eigenvalue weighted by atomic mass is 10.0. The Kier molecular flexibility index (Phi) is 87.1. The zero-order chi connectivity index (χ0) is 85.1. The SMILES string of the molecule is CC/C=C\C/C=C\C/C=C\C/C=C\C/C=C\CCCCCCCCCCCCCC(=O)OCC(COP(=O)(O)OCC(O)COP(=O)(O)OCC(O)COC(=O)CCCCCCCCCCCCCCCCCCCCC/C=C\C/C=C\C/C=C\C/C=C\CCCCC)OC(=O)CCCCCCCC/C=C\C/C=C\C/C=C\CCCCC. The summed E-state index contributed by atoms with van der Waals surface area (Å²) in [6.07, 6.45) is 115. The van der Waals surface area contributed by atoms with Gasteiger partial charge in [0.25, 0.3) is 0 Å². The molecule has 0 saturated carbocycles. The lowest BCUT2D eigenvalue weighted by Crippen LogP contribution is -2.30. The van der Waals surface area contributed by atoms with Crippen LogP contribution in [-0.2, 0) is 55.8 Å². The number of aliphatic hydroxyl groups is 2. The third-order valence-corrected chi connectivity index (χ3v) is 21.9. The van der Waals surface area contributed by atoms with E-state index in [2.05, 4.69) is 167 Å². The number of hydrogen-bond acceptors (Lipinski definition) is 14. The first-order valence-electron chi connectivity index (χ1n) is 47.1. The fourth-order valence-corrected chi connectivity index (χ4v) is 14.5. The summed E-state index contributed by atoms with van der Waals surface area (Å²) in [6.45, 7) is 2.55. The van der Waals surface area contributed by atoms with Crippen molar-refractivity contribution in [3.63, 3.8) is 0 Å². The highest BCUT2D eigenvalue weighted by Gasteiger charge is 2.30. The molecule has 0 radical (unpaired) electrons. The van der Waals surface area contributed by atoms with Crippen LogP contribution in [0.3, 0.4) is 0 Å². The van der Waals surface area contributed by atoms with Gasteiger partial charge in [0.2, 0.25) is 0 Å². The molecule has 0 rings (SSSR count). The van der Waals surface area contributed by atoms with Crippen LogP contribution < -0.4 is 0 Å². The van der Waals surface area contributed by atoms with Gasteiger partial charge in [-0.05, 0) is 148 Å². The molecule has 117 heavy (non-hydrogen) atoms. The van der Waals surface area contributed by atoms with Crippen molar-refractivity contribution in [3.05, 3.63) is 146 Å². The molecule has 674 valence electrons. The largest absolute Gasteiger partial charge is 0.472 e. The summed E-state index contributed by atoms with van der Waals surface area (Å²) in [5.41, 5.74) is 0. The van der Waals surface area contributed by atoms with Gasteiger partial charge in [-0.15, -0.1) is 0 Å². The van der Waals surface area contributed by atoms with E-state index in [1.54, 1.807) is 0 Å². The zero-order valence-corrected chi connectivity index (χ0v) is 76.1. The predicted octanol–water partition coefficient (Wildman–Crippen LogP) is 29.1. The highest BCUT2D eigenvalue weighted by Crippen LogP contribution is 2.45. The van der Waals surface area contributed by atoms with E-state index in [1.807, 2.05) is 0 Å². The van der Waals surface area contributed by atoms with Crippen LogP contribution in [0.1, 0.15) is 406 Å². The molecule has 0 aromatic rings. The monoisotopic (exact) mass is 1680 g/mol. The fraction of sp³-hybridized carbons (Fsp3) is 0.727. The Bertz CT molecular complexity index is 2710. The van der Waals surface area contributed by atoms with E-state index in [9.17, 15) is 43.5 Å². The first kappa shape index (κ1) is 112. The Morgan fingerprint density at radius 3 is 0.718 bits per heavy atom. The summed E-state index contributed by atoms with van der Waals surface area (Å²) in [7, 11) is -9.81. The van der Waals surface area contributed by atoms with Gasteiger partial charge >= 0.3 is 33.6 Å². The molecule has 0 fully saturated rings. The first-order chi connectivity index (χ1) is 57.2. The second-order valence-corrected chi connectivity index (χ2v) is 34.3. The average Bonchev–Trinajstić information content (AvgIpc) is 1.00. The number of aliphatic hydroxyl groups excluding tert-OH is 2. The molecule has 0 heterocycles. The number of unbranched alkanes of at least 4 members (excludes halogenated alkanes) is 42. The topological polar surface area (TPSA) is 231 Å².